The number of hydrogen-bond acceptors (Lipinski definition) is 2. The van der Waals surface area contributed by atoms with E-state index >= 15 is 0 Å². The minimum absolute atomic E-state index is 0.114. The van der Waals surface area contributed by atoms with Crippen LogP contribution in [0.15, 0.2) is 33.6 Å². The first-order valence-corrected chi connectivity index (χ1v) is 7.58. The lowest BCUT2D eigenvalue weighted by atomic mass is 10.2. The summed E-state index contributed by atoms with van der Waals surface area (Å²) < 4.78 is 26.9. The second-order valence-corrected chi connectivity index (χ2v) is 6.56. The molecular formula is C10H13BrClNO2S. The van der Waals surface area contributed by atoms with E-state index in [1.54, 1.807) is 24.3 Å². The molecule has 0 amide bonds. The summed E-state index contributed by atoms with van der Waals surface area (Å²) in [6, 6.07) is 6.58. The SMILES string of the molecule is CC(CCl)CNS(=O)(=O)c1cccc(Br)c1. The molecule has 0 aliphatic carbocycles. The Hall–Kier alpha value is -0.100. The number of rotatable bonds is 5. The van der Waals surface area contributed by atoms with Crippen LogP contribution in [0.4, 0.5) is 0 Å². The van der Waals surface area contributed by atoms with Gasteiger partial charge in [0, 0.05) is 16.9 Å². The molecule has 1 atom stereocenters. The largest absolute Gasteiger partial charge is 0.240 e. The van der Waals surface area contributed by atoms with Gasteiger partial charge in [-0.15, -0.1) is 11.6 Å². The molecule has 1 rings (SSSR count). The van der Waals surface area contributed by atoms with Crippen LogP contribution in [0, 0.1) is 5.92 Å². The second kappa shape index (κ2) is 6.00. The molecule has 0 spiro atoms. The van der Waals surface area contributed by atoms with Gasteiger partial charge in [-0.05, 0) is 24.1 Å². The van der Waals surface area contributed by atoms with Crippen molar-refractivity contribution in [3.05, 3.63) is 28.7 Å². The molecule has 16 heavy (non-hydrogen) atoms. The highest BCUT2D eigenvalue weighted by atomic mass is 79.9. The van der Waals surface area contributed by atoms with Crippen LogP contribution in [-0.4, -0.2) is 20.8 Å². The average Bonchev–Trinajstić information content (AvgIpc) is 2.26. The van der Waals surface area contributed by atoms with Gasteiger partial charge < -0.3 is 0 Å². The molecule has 0 heterocycles. The van der Waals surface area contributed by atoms with Crippen LogP contribution in [0.5, 0.6) is 0 Å². The monoisotopic (exact) mass is 325 g/mol. The predicted molar refractivity (Wildman–Crippen MR) is 69.2 cm³/mol. The van der Waals surface area contributed by atoms with Crippen molar-refractivity contribution in [1.82, 2.24) is 4.72 Å². The Balaban J connectivity index is 2.78. The van der Waals surface area contributed by atoms with Crippen LogP contribution in [0.3, 0.4) is 0 Å². The first-order chi connectivity index (χ1) is 7.45. The van der Waals surface area contributed by atoms with Gasteiger partial charge in [0.15, 0.2) is 0 Å². The van der Waals surface area contributed by atoms with Crippen LogP contribution in [0.25, 0.3) is 0 Å². The van der Waals surface area contributed by atoms with Crippen LogP contribution in [-0.2, 0) is 10.0 Å². The molecule has 0 aliphatic rings. The average molecular weight is 327 g/mol. The zero-order valence-electron chi connectivity index (χ0n) is 8.78. The first kappa shape index (κ1) is 14.0. The Bertz CT molecular complexity index is 450. The topological polar surface area (TPSA) is 46.2 Å². The van der Waals surface area contributed by atoms with E-state index in [1.807, 2.05) is 6.92 Å². The highest BCUT2D eigenvalue weighted by Gasteiger charge is 2.14. The molecular weight excluding hydrogens is 314 g/mol. The van der Waals surface area contributed by atoms with E-state index in [2.05, 4.69) is 20.7 Å². The molecule has 0 aliphatic heterocycles. The van der Waals surface area contributed by atoms with Crippen molar-refractivity contribution in [2.24, 2.45) is 5.92 Å². The number of hydrogen-bond donors (Lipinski definition) is 1. The Kier molecular flexibility index (Phi) is 5.24. The molecule has 0 aromatic heterocycles. The molecule has 0 saturated heterocycles. The van der Waals surface area contributed by atoms with Crippen LogP contribution in [0.2, 0.25) is 0 Å². The van der Waals surface area contributed by atoms with E-state index in [-0.39, 0.29) is 10.8 Å². The van der Waals surface area contributed by atoms with E-state index in [0.29, 0.717) is 12.4 Å². The van der Waals surface area contributed by atoms with Gasteiger partial charge in [0.05, 0.1) is 4.90 Å². The number of alkyl halides is 1. The lowest BCUT2D eigenvalue weighted by Gasteiger charge is -2.10. The van der Waals surface area contributed by atoms with Gasteiger partial charge in [0.1, 0.15) is 0 Å². The number of benzene rings is 1. The molecule has 6 heteroatoms. The molecule has 0 fully saturated rings. The fraction of sp³-hybridized carbons (Fsp3) is 0.400. The molecule has 1 unspecified atom stereocenters. The Morgan fingerprint density at radius 1 is 1.50 bits per heavy atom. The van der Waals surface area contributed by atoms with Crippen LogP contribution < -0.4 is 4.72 Å². The Labute approximate surface area is 109 Å². The van der Waals surface area contributed by atoms with Gasteiger partial charge in [-0.3, -0.25) is 0 Å². The van der Waals surface area contributed by atoms with Gasteiger partial charge >= 0.3 is 0 Å². The molecule has 0 radical (unpaired) electrons. The molecule has 1 N–H and O–H groups in total. The summed E-state index contributed by atoms with van der Waals surface area (Å²) in [6.45, 7) is 2.23. The summed E-state index contributed by atoms with van der Waals surface area (Å²) in [5.74, 6) is 0.546. The van der Waals surface area contributed by atoms with Crippen molar-refractivity contribution in [3.63, 3.8) is 0 Å². The third-order valence-electron chi connectivity index (χ3n) is 1.99. The highest BCUT2D eigenvalue weighted by molar-refractivity contribution is 9.10. The zero-order chi connectivity index (χ0) is 12.2. The number of halogens is 2. The lowest BCUT2D eigenvalue weighted by molar-refractivity contribution is 0.562. The smallest absolute Gasteiger partial charge is 0.211 e. The summed E-state index contributed by atoms with van der Waals surface area (Å²) in [5.41, 5.74) is 0. The van der Waals surface area contributed by atoms with Crippen molar-refractivity contribution in [2.45, 2.75) is 11.8 Å². The molecule has 90 valence electrons. The maximum atomic E-state index is 11.8. The predicted octanol–water partition coefficient (Wildman–Crippen LogP) is 2.60. The third kappa shape index (κ3) is 4.05. The Morgan fingerprint density at radius 2 is 2.19 bits per heavy atom. The summed E-state index contributed by atoms with van der Waals surface area (Å²) in [6.07, 6.45) is 0. The Morgan fingerprint density at radius 3 is 2.75 bits per heavy atom. The van der Waals surface area contributed by atoms with Crippen LogP contribution >= 0.6 is 27.5 Å². The fourth-order valence-corrected chi connectivity index (χ4v) is 2.89. The fourth-order valence-electron chi connectivity index (χ4n) is 1.02. The minimum Gasteiger partial charge on any atom is -0.211 e. The summed E-state index contributed by atoms with van der Waals surface area (Å²) in [4.78, 5) is 0.253. The normalized spacial score (nSPS) is 13.7. The molecule has 0 saturated carbocycles. The standard InChI is InChI=1S/C10H13BrClNO2S/c1-8(6-12)7-13-16(14,15)10-4-2-3-9(11)5-10/h2-5,8,13H,6-7H2,1H3. The molecule has 1 aromatic rings. The summed E-state index contributed by atoms with van der Waals surface area (Å²) in [7, 11) is -3.43. The van der Waals surface area contributed by atoms with E-state index in [1.165, 1.54) is 0 Å². The van der Waals surface area contributed by atoms with Crippen molar-refractivity contribution >= 4 is 37.6 Å². The van der Waals surface area contributed by atoms with E-state index < -0.39 is 10.0 Å². The summed E-state index contributed by atoms with van der Waals surface area (Å²) >= 11 is 8.84. The van der Waals surface area contributed by atoms with Gasteiger partial charge in [0.2, 0.25) is 10.0 Å². The number of sulfonamides is 1. The first-order valence-electron chi connectivity index (χ1n) is 4.77. The van der Waals surface area contributed by atoms with Crippen molar-refractivity contribution in [3.8, 4) is 0 Å². The maximum absolute atomic E-state index is 11.8. The third-order valence-corrected chi connectivity index (χ3v) is 4.43. The van der Waals surface area contributed by atoms with E-state index in [0.717, 1.165) is 4.47 Å². The maximum Gasteiger partial charge on any atom is 0.240 e. The highest BCUT2D eigenvalue weighted by Crippen LogP contribution is 2.15. The quantitative estimate of drug-likeness (QED) is 0.845. The van der Waals surface area contributed by atoms with E-state index in [9.17, 15) is 8.42 Å². The molecule has 1 aromatic carbocycles. The van der Waals surface area contributed by atoms with Gasteiger partial charge in [-0.2, -0.15) is 0 Å². The van der Waals surface area contributed by atoms with Crippen molar-refractivity contribution in [2.75, 3.05) is 12.4 Å². The zero-order valence-corrected chi connectivity index (χ0v) is 11.9. The van der Waals surface area contributed by atoms with Gasteiger partial charge in [0.25, 0.3) is 0 Å². The van der Waals surface area contributed by atoms with Crippen molar-refractivity contribution in [1.29, 1.82) is 0 Å². The molecule has 0 bridgehead atoms. The van der Waals surface area contributed by atoms with E-state index in [4.69, 9.17) is 11.6 Å². The summed E-state index contributed by atoms with van der Waals surface area (Å²) in [5, 5.41) is 0. The van der Waals surface area contributed by atoms with Crippen LogP contribution in [0.1, 0.15) is 6.92 Å². The van der Waals surface area contributed by atoms with Gasteiger partial charge in [-0.25, -0.2) is 13.1 Å². The number of nitrogens with one attached hydrogen (secondary N) is 1. The molecule has 3 nitrogen and oxygen atoms in total. The minimum atomic E-state index is -3.43. The van der Waals surface area contributed by atoms with Gasteiger partial charge in [-0.1, -0.05) is 28.9 Å². The lowest BCUT2D eigenvalue weighted by Crippen LogP contribution is -2.29. The van der Waals surface area contributed by atoms with Crippen molar-refractivity contribution < 1.29 is 8.42 Å². The second-order valence-electron chi connectivity index (χ2n) is 3.57.